The predicted octanol–water partition coefficient (Wildman–Crippen LogP) is 3.17. The Balaban J connectivity index is 2.70. The number of fused-ring (bicyclic) bond motifs is 1. The van der Waals surface area contributed by atoms with Crippen LogP contribution in [0.4, 0.5) is 0 Å². The van der Waals surface area contributed by atoms with Gasteiger partial charge in [-0.25, -0.2) is 4.98 Å². The summed E-state index contributed by atoms with van der Waals surface area (Å²) in [5.41, 5.74) is 3.56. The van der Waals surface area contributed by atoms with Gasteiger partial charge in [0.15, 0.2) is 0 Å². The fourth-order valence-electron chi connectivity index (χ4n) is 1.72. The summed E-state index contributed by atoms with van der Waals surface area (Å²) in [6.07, 6.45) is 2.07. The highest BCUT2D eigenvalue weighted by atomic mass is 14.8. The molecule has 2 rings (SSSR count). The molecule has 0 atom stereocenters. The molecule has 1 N–H and O–H groups in total. The summed E-state index contributed by atoms with van der Waals surface area (Å²) in [7, 11) is 0. The van der Waals surface area contributed by atoms with E-state index in [2.05, 4.69) is 49.1 Å². The fourth-order valence-corrected chi connectivity index (χ4v) is 1.72. The molecule has 0 saturated heterocycles. The van der Waals surface area contributed by atoms with Crippen LogP contribution in [0.1, 0.15) is 32.0 Å². The zero-order valence-corrected chi connectivity index (χ0v) is 9.18. The molecule has 2 aromatic heterocycles. The normalized spacial score (nSPS) is 12.3. The molecular weight excluding hydrogens is 172 g/mol. The van der Waals surface area contributed by atoms with Gasteiger partial charge in [0, 0.05) is 17.3 Å². The van der Waals surface area contributed by atoms with Crippen LogP contribution in [-0.2, 0) is 5.41 Å². The number of H-pyrrole nitrogens is 1. The van der Waals surface area contributed by atoms with E-state index in [1.54, 1.807) is 0 Å². The van der Waals surface area contributed by atoms with Crippen molar-refractivity contribution in [3.05, 3.63) is 29.6 Å². The van der Waals surface area contributed by atoms with Gasteiger partial charge in [-0.15, -0.1) is 0 Å². The van der Waals surface area contributed by atoms with E-state index in [1.807, 2.05) is 6.92 Å². The zero-order valence-electron chi connectivity index (χ0n) is 9.18. The minimum absolute atomic E-state index is 0.176. The van der Waals surface area contributed by atoms with E-state index in [0.717, 1.165) is 11.3 Å². The number of pyridine rings is 1. The van der Waals surface area contributed by atoms with Crippen molar-refractivity contribution in [2.45, 2.75) is 33.1 Å². The van der Waals surface area contributed by atoms with E-state index in [9.17, 15) is 0 Å². The van der Waals surface area contributed by atoms with Crippen molar-refractivity contribution in [2.24, 2.45) is 0 Å². The average molecular weight is 188 g/mol. The number of hydrogen-bond donors (Lipinski definition) is 1. The van der Waals surface area contributed by atoms with Crippen LogP contribution >= 0.6 is 0 Å². The summed E-state index contributed by atoms with van der Waals surface area (Å²) in [6.45, 7) is 8.66. The minimum Gasteiger partial charge on any atom is -0.346 e. The van der Waals surface area contributed by atoms with Crippen LogP contribution in [0.25, 0.3) is 11.0 Å². The average Bonchev–Trinajstić information content (AvgIpc) is 2.45. The number of rotatable bonds is 0. The Bertz CT molecular complexity index is 461. The van der Waals surface area contributed by atoms with Crippen LogP contribution in [-0.4, -0.2) is 9.97 Å². The molecule has 2 nitrogen and oxygen atoms in total. The highest BCUT2D eigenvalue weighted by Crippen LogP contribution is 2.28. The summed E-state index contributed by atoms with van der Waals surface area (Å²) in [5.74, 6) is 0. The second-order valence-corrected chi connectivity index (χ2v) is 4.80. The van der Waals surface area contributed by atoms with Crippen LogP contribution in [0.15, 0.2) is 18.3 Å². The number of hydrogen-bond acceptors (Lipinski definition) is 1. The molecule has 0 saturated carbocycles. The second-order valence-electron chi connectivity index (χ2n) is 4.80. The second kappa shape index (κ2) is 2.84. The molecular formula is C12H16N2. The quantitative estimate of drug-likeness (QED) is 0.676. The molecule has 2 aromatic rings. The van der Waals surface area contributed by atoms with Gasteiger partial charge in [0.2, 0.25) is 0 Å². The van der Waals surface area contributed by atoms with E-state index in [0.29, 0.717) is 0 Å². The van der Waals surface area contributed by atoms with Gasteiger partial charge in [0.05, 0.1) is 0 Å². The largest absolute Gasteiger partial charge is 0.346 e. The lowest BCUT2D eigenvalue weighted by atomic mass is 9.87. The molecule has 0 aliphatic rings. The Morgan fingerprint density at radius 3 is 2.57 bits per heavy atom. The van der Waals surface area contributed by atoms with E-state index in [4.69, 9.17) is 0 Å². The van der Waals surface area contributed by atoms with Crippen LogP contribution < -0.4 is 0 Å². The summed E-state index contributed by atoms with van der Waals surface area (Å²) in [5, 5.41) is 1.24. The smallest absolute Gasteiger partial charge is 0.137 e. The summed E-state index contributed by atoms with van der Waals surface area (Å²) < 4.78 is 0. The molecule has 0 aliphatic carbocycles. The molecule has 2 heteroatoms. The first-order valence-corrected chi connectivity index (χ1v) is 4.94. The van der Waals surface area contributed by atoms with Gasteiger partial charge in [-0.1, -0.05) is 20.8 Å². The van der Waals surface area contributed by atoms with Gasteiger partial charge in [0.1, 0.15) is 5.65 Å². The molecule has 0 fully saturated rings. The zero-order chi connectivity index (χ0) is 10.3. The number of aromatic amines is 1. The van der Waals surface area contributed by atoms with E-state index < -0.39 is 0 Å². The van der Waals surface area contributed by atoms with Crippen molar-refractivity contribution in [3.63, 3.8) is 0 Å². The number of aromatic nitrogens is 2. The monoisotopic (exact) mass is 188 g/mol. The standard InChI is InChI=1S/C12H16N2/c1-8-5-6-9-10(12(2,3)4)7-13-11(9)14-8/h5-7H,1-4H3,(H,13,14). The maximum absolute atomic E-state index is 4.45. The van der Waals surface area contributed by atoms with Crippen molar-refractivity contribution in [3.8, 4) is 0 Å². The van der Waals surface area contributed by atoms with Crippen molar-refractivity contribution >= 4 is 11.0 Å². The highest BCUT2D eigenvalue weighted by Gasteiger charge is 2.18. The summed E-state index contributed by atoms with van der Waals surface area (Å²) in [4.78, 5) is 7.68. The first kappa shape index (κ1) is 9.25. The van der Waals surface area contributed by atoms with Crippen molar-refractivity contribution in [2.75, 3.05) is 0 Å². The number of nitrogens with zero attached hydrogens (tertiary/aromatic N) is 1. The van der Waals surface area contributed by atoms with Gasteiger partial charge >= 0.3 is 0 Å². The van der Waals surface area contributed by atoms with Crippen molar-refractivity contribution in [1.82, 2.24) is 9.97 Å². The maximum atomic E-state index is 4.45. The maximum Gasteiger partial charge on any atom is 0.137 e. The first-order valence-electron chi connectivity index (χ1n) is 4.94. The van der Waals surface area contributed by atoms with Gasteiger partial charge < -0.3 is 4.98 Å². The van der Waals surface area contributed by atoms with Gasteiger partial charge in [0.25, 0.3) is 0 Å². The predicted molar refractivity (Wildman–Crippen MR) is 59.5 cm³/mol. The Hall–Kier alpha value is -1.31. The third kappa shape index (κ3) is 1.41. The lowest BCUT2D eigenvalue weighted by molar-refractivity contribution is 0.596. The van der Waals surface area contributed by atoms with Crippen LogP contribution in [0.3, 0.4) is 0 Å². The Morgan fingerprint density at radius 1 is 1.21 bits per heavy atom. The molecule has 0 amide bonds. The van der Waals surface area contributed by atoms with Crippen molar-refractivity contribution < 1.29 is 0 Å². The Kier molecular flexibility index (Phi) is 1.88. The molecule has 2 heterocycles. The minimum atomic E-state index is 0.176. The molecule has 14 heavy (non-hydrogen) atoms. The van der Waals surface area contributed by atoms with Crippen LogP contribution in [0, 0.1) is 6.92 Å². The molecule has 0 spiro atoms. The third-order valence-corrected chi connectivity index (χ3v) is 2.49. The Morgan fingerprint density at radius 2 is 1.93 bits per heavy atom. The third-order valence-electron chi connectivity index (χ3n) is 2.49. The van der Waals surface area contributed by atoms with Crippen molar-refractivity contribution in [1.29, 1.82) is 0 Å². The van der Waals surface area contributed by atoms with E-state index in [1.165, 1.54) is 10.9 Å². The first-order chi connectivity index (χ1) is 6.48. The van der Waals surface area contributed by atoms with Crippen LogP contribution in [0.2, 0.25) is 0 Å². The molecule has 0 aromatic carbocycles. The topological polar surface area (TPSA) is 28.7 Å². The molecule has 0 bridgehead atoms. The SMILES string of the molecule is Cc1ccc2c(C(C)(C)C)c[nH]c2n1. The molecule has 0 radical (unpaired) electrons. The van der Waals surface area contributed by atoms with E-state index in [-0.39, 0.29) is 5.41 Å². The lowest BCUT2D eigenvalue weighted by Crippen LogP contribution is -2.09. The van der Waals surface area contributed by atoms with Gasteiger partial charge in [-0.3, -0.25) is 0 Å². The molecule has 0 aliphatic heterocycles. The number of nitrogens with one attached hydrogen (secondary N) is 1. The molecule has 0 unspecified atom stereocenters. The fraction of sp³-hybridized carbons (Fsp3) is 0.417. The summed E-state index contributed by atoms with van der Waals surface area (Å²) >= 11 is 0. The van der Waals surface area contributed by atoms with Gasteiger partial charge in [-0.05, 0) is 30.0 Å². The number of aryl methyl sites for hydroxylation is 1. The van der Waals surface area contributed by atoms with E-state index >= 15 is 0 Å². The Labute approximate surface area is 84.4 Å². The summed E-state index contributed by atoms with van der Waals surface area (Å²) in [6, 6.07) is 4.21. The highest BCUT2D eigenvalue weighted by molar-refractivity contribution is 5.81. The van der Waals surface area contributed by atoms with Gasteiger partial charge in [-0.2, -0.15) is 0 Å². The van der Waals surface area contributed by atoms with Crippen LogP contribution in [0.5, 0.6) is 0 Å². The molecule has 74 valence electrons. The lowest BCUT2D eigenvalue weighted by Gasteiger charge is -2.17.